The molecular formula is C14H20ClN3O2. The SMILES string of the molecule is Cl.O=C(CNC(=O)C1CCCNC1)Nc1ccccc1. The Morgan fingerprint density at radius 2 is 2.00 bits per heavy atom. The molecule has 20 heavy (non-hydrogen) atoms. The lowest BCUT2D eigenvalue weighted by Crippen LogP contribution is -2.42. The Bertz CT molecular complexity index is 433. The largest absolute Gasteiger partial charge is 0.347 e. The fraction of sp³-hybridized carbons (Fsp3) is 0.429. The molecule has 0 spiro atoms. The number of nitrogens with one attached hydrogen (secondary N) is 3. The molecule has 0 aliphatic carbocycles. The predicted octanol–water partition coefficient (Wildman–Crippen LogP) is 1.16. The van der Waals surface area contributed by atoms with E-state index in [0.29, 0.717) is 6.54 Å². The summed E-state index contributed by atoms with van der Waals surface area (Å²) in [5.41, 5.74) is 0.737. The summed E-state index contributed by atoms with van der Waals surface area (Å²) in [7, 11) is 0. The van der Waals surface area contributed by atoms with Gasteiger partial charge in [0, 0.05) is 12.2 Å². The maximum Gasteiger partial charge on any atom is 0.243 e. The van der Waals surface area contributed by atoms with Crippen LogP contribution in [0, 0.1) is 5.92 Å². The Hall–Kier alpha value is -1.59. The minimum absolute atomic E-state index is 0. The second-order valence-electron chi connectivity index (χ2n) is 4.68. The molecule has 1 aliphatic rings. The smallest absolute Gasteiger partial charge is 0.243 e. The van der Waals surface area contributed by atoms with Gasteiger partial charge in [-0.05, 0) is 31.5 Å². The average molecular weight is 298 g/mol. The Morgan fingerprint density at radius 3 is 2.65 bits per heavy atom. The van der Waals surface area contributed by atoms with Gasteiger partial charge in [-0.2, -0.15) is 0 Å². The minimum atomic E-state index is -0.205. The third kappa shape index (κ3) is 5.19. The Kier molecular flexibility index (Phi) is 7.04. The highest BCUT2D eigenvalue weighted by molar-refractivity contribution is 5.94. The summed E-state index contributed by atoms with van der Waals surface area (Å²) in [5.74, 6) is -0.267. The number of halogens is 1. The first-order valence-electron chi connectivity index (χ1n) is 6.59. The number of hydrogen-bond donors (Lipinski definition) is 3. The monoisotopic (exact) mass is 297 g/mol. The second-order valence-corrected chi connectivity index (χ2v) is 4.68. The molecule has 1 atom stereocenters. The van der Waals surface area contributed by atoms with Gasteiger partial charge in [0.1, 0.15) is 0 Å². The summed E-state index contributed by atoms with van der Waals surface area (Å²) in [4.78, 5) is 23.5. The van der Waals surface area contributed by atoms with Crippen LogP contribution in [0.3, 0.4) is 0 Å². The van der Waals surface area contributed by atoms with E-state index < -0.39 is 0 Å². The van der Waals surface area contributed by atoms with E-state index in [1.54, 1.807) is 0 Å². The molecule has 6 heteroatoms. The average Bonchev–Trinajstić information content (AvgIpc) is 2.47. The van der Waals surface area contributed by atoms with Crippen LogP contribution in [0.15, 0.2) is 30.3 Å². The molecule has 1 fully saturated rings. The van der Waals surface area contributed by atoms with E-state index in [1.165, 1.54) is 0 Å². The van der Waals surface area contributed by atoms with Gasteiger partial charge < -0.3 is 16.0 Å². The van der Waals surface area contributed by atoms with Crippen LogP contribution in [0.25, 0.3) is 0 Å². The van der Waals surface area contributed by atoms with Crippen LogP contribution in [0.2, 0.25) is 0 Å². The van der Waals surface area contributed by atoms with E-state index in [-0.39, 0.29) is 36.7 Å². The summed E-state index contributed by atoms with van der Waals surface area (Å²) < 4.78 is 0. The van der Waals surface area contributed by atoms with Crippen molar-refractivity contribution in [2.24, 2.45) is 5.92 Å². The molecule has 1 heterocycles. The molecule has 2 amide bonds. The Morgan fingerprint density at radius 1 is 1.25 bits per heavy atom. The fourth-order valence-electron chi connectivity index (χ4n) is 2.11. The number of piperidine rings is 1. The summed E-state index contributed by atoms with van der Waals surface area (Å²) in [6, 6.07) is 9.20. The van der Waals surface area contributed by atoms with Crippen molar-refractivity contribution in [2.45, 2.75) is 12.8 Å². The zero-order chi connectivity index (χ0) is 13.5. The van der Waals surface area contributed by atoms with Gasteiger partial charge in [-0.3, -0.25) is 9.59 Å². The van der Waals surface area contributed by atoms with E-state index in [0.717, 1.165) is 25.1 Å². The van der Waals surface area contributed by atoms with E-state index >= 15 is 0 Å². The first-order valence-corrected chi connectivity index (χ1v) is 6.59. The number of anilines is 1. The summed E-state index contributed by atoms with van der Waals surface area (Å²) in [6.07, 6.45) is 1.90. The predicted molar refractivity (Wildman–Crippen MR) is 80.9 cm³/mol. The summed E-state index contributed by atoms with van der Waals surface area (Å²) >= 11 is 0. The summed E-state index contributed by atoms with van der Waals surface area (Å²) in [6.45, 7) is 1.69. The van der Waals surface area contributed by atoms with Crippen molar-refractivity contribution in [2.75, 3.05) is 25.0 Å². The van der Waals surface area contributed by atoms with Crippen LogP contribution in [0.4, 0.5) is 5.69 Å². The first-order chi connectivity index (χ1) is 9.25. The minimum Gasteiger partial charge on any atom is -0.347 e. The molecule has 0 bridgehead atoms. The van der Waals surface area contributed by atoms with Crippen molar-refractivity contribution in [3.05, 3.63) is 30.3 Å². The molecule has 1 saturated heterocycles. The number of para-hydroxylation sites is 1. The van der Waals surface area contributed by atoms with Crippen LogP contribution in [-0.4, -0.2) is 31.4 Å². The third-order valence-corrected chi connectivity index (χ3v) is 3.15. The van der Waals surface area contributed by atoms with Crippen molar-refractivity contribution in [1.82, 2.24) is 10.6 Å². The van der Waals surface area contributed by atoms with E-state index in [1.807, 2.05) is 30.3 Å². The quantitative estimate of drug-likeness (QED) is 0.781. The maximum absolute atomic E-state index is 11.8. The van der Waals surface area contributed by atoms with E-state index in [2.05, 4.69) is 16.0 Å². The lowest BCUT2D eigenvalue weighted by atomic mass is 9.99. The fourth-order valence-corrected chi connectivity index (χ4v) is 2.11. The third-order valence-electron chi connectivity index (χ3n) is 3.15. The van der Waals surface area contributed by atoms with Crippen LogP contribution in [0.5, 0.6) is 0 Å². The lowest BCUT2D eigenvalue weighted by molar-refractivity contribution is -0.127. The van der Waals surface area contributed by atoms with Gasteiger partial charge in [0.2, 0.25) is 11.8 Å². The molecule has 1 aromatic rings. The second kappa shape index (κ2) is 8.55. The number of benzene rings is 1. The molecule has 1 aliphatic heterocycles. The van der Waals surface area contributed by atoms with Crippen molar-refractivity contribution < 1.29 is 9.59 Å². The van der Waals surface area contributed by atoms with E-state index in [9.17, 15) is 9.59 Å². The molecule has 0 radical (unpaired) electrons. The Labute approximate surface area is 124 Å². The van der Waals surface area contributed by atoms with Crippen LogP contribution in [-0.2, 0) is 9.59 Å². The topological polar surface area (TPSA) is 70.2 Å². The van der Waals surface area contributed by atoms with Gasteiger partial charge in [0.15, 0.2) is 0 Å². The number of amides is 2. The summed E-state index contributed by atoms with van der Waals surface area (Å²) in [5, 5.41) is 8.59. The molecular weight excluding hydrogens is 278 g/mol. The maximum atomic E-state index is 11.8. The van der Waals surface area contributed by atoms with Crippen LogP contribution in [0.1, 0.15) is 12.8 Å². The Balaban J connectivity index is 0.00000200. The molecule has 5 nitrogen and oxygen atoms in total. The number of carbonyl (C=O) groups excluding carboxylic acids is 2. The van der Waals surface area contributed by atoms with Crippen molar-refractivity contribution >= 4 is 29.9 Å². The van der Waals surface area contributed by atoms with Crippen molar-refractivity contribution in [3.8, 4) is 0 Å². The zero-order valence-electron chi connectivity index (χ0n) is 11.2. The van der Waals surface area contributed by atoms with Crippen LogP contribution < -0.4 is 16.0 Å². The first kappa shape index (κ1) is 16.5. The normalized spacial score (nSPS) is 17.7. The number of hydrogen-bond acceptors (Lipinski definition) is 3. The molecule has 1 unspecified atom stereocenters. The van der Waals surface area contributed by atoms with E-state index in [4.69, 9.17) is 0 Å². The standard InChI is InChI=1S/C14H19N3O2.ClH/c18-13(17-12-6-2-1-3-7-12)10-16-14(19)11-5-4-8-15-9-11;/h1-3,6-7,11,15H,4-5,8-10H2,(H,16,19)(H,17,18);1H. The zero-order valence-corrected chi connectivity index (χ0v) is 12.0. The van der Waals surface area contributed by atoms with Crippen molar-refractivity contribution in [1.29, 1.82) is 0 Å². The van der Waals surface area contributed by atoms with Crippen molar-refractivity contribution in [3.63, 3.8) is 0 Å². The van der Waals surface area contributed by atoms with Gasteiger partial charge in [-0.25, -0.2) is 0 Å². The van der Waals surface area contributed by atoms with Gasteiger partial charge >= 0.3 is 0 Å². The number of carbonyl (C=O) groups is 2. The number of rotatable bonds is 4. The molecule has 1 aromatic carbocycles. The highest BCUT2D eigenvalue weighted by atomic mass is 35.5. The molecule has 3 N–H and O–H groups in total. The van der Waals surface area contributed by atoms with Gasteiger partial charge in [0.25, 0.3) is 0 Å². The van der Waals surface area contributed by atoms with Gasteiger partial charge in [-0.1, -0.05) is 18.2 Å². The molecule has 110 valence electrons. The lowest BCUT2D eigenvalue weighted by Gasteiger charge is -2.21. The molecule has 0 aromatic heterocycles. The highest BCUT2D eigenvalue weighted by Crippen LogP contribution is 2.09. The van der Waals surface area contributed by atoms with Gasteiger partial charge in [0.05, 0.1) is 12.5 Å². The van der Waals surface area contributed by atoms with Gasteiger partial charge in [-0.15, -0.1) is 12.4 Å². The molecule has 0 saturated carbocycles. The van der Waals surface area contributed by atoms with Crippen LogP contribution >= 0.6 is 12.4 Å². The molecule has 2 rings (SSSR count). The highest BCUT2D eigenvalue weighted by Gasteiger charge is 2.20.